The van der Waals surface area contributed by atoms with E-state index in [2.05, 4.69) is 60.7 Å². The van der Waals surface area contributed by atoms with Crippen molar-refractivity contribution in [1.82, 2.24) is 5.32 Å². The smallest absolute Gasteiger partial charge is 0.0169 e. The zero-order chi connectivity index (χ0) is 13.9. The summed E-state index contributed by atoms with van der Waals surface area (Å²) < 4.78 is 0. The Balaban J connectivity index is 5.46. The predicted octanol–water partition coefficient (Wildman–Crippen LogP) is 4.64. The molecule has 0 aromatic carbocycles. The molecule has 0 fully saturated rings. The molecule has 0 aromatic heterocycles. The Kier molecular flexibility index (Phi) is 5.93. The van der Waals surface area contributed by atoms with E-state index in [9.17, 15) is 0 Å². The average Bonchev–Trinajstić information content (AvgIpc) is 2.10. The van der Waals surface area contributed by atoms with Crippen molar-refractivity contribution in [2.75, 3.05) is 13.6 Å². The van der Waals surface area contributed by atoms with Gasteiger partial charge in [-0.05, 0) is 37.1 Å². The van der Waals surface area contributed by atoms with Crippen LogP contribution in [0.1, 0.15) is 61.8 Å². The first-order chi connectivity index (χ1) is 7.55. The third kappa shape index (κ3) is 4.83. The molecule has 0 heterocycles. The number of nitrogens with one attached hydrogen (secondary N) is 1. The fourth-order valence-electron chi connectivity index (χ4n) is 2.95. The lowest BCUT2D eigenvalue weighted by Gasteiger charge is -2.36. The van der Waals surface area contributed by atoms with Gasteiger partial charge in [0.1, 0.15) is 0 Å². The number of likely N-dealkylation sites (N-methyl/N-ethyl adjacent to an activating group) is 1. The van der Waals surface area contributed by atoms with Crippen LogP contribution in [-0.4, -0.2) is 13.6 Å². The molecule has 0 radical (unpaired) electrons. The van der Waals surface area contributed by atoms with E-state index in [1.165, 1.54) is 6.42 Å². The third-order valence-electron chi connectivity index (χ3n) is 3.71. The summed E-state index contributed by atoms with van der Waals surface area (Å²) in [5.41, 5.74) is 3.76. The number of rotatable bonds is 4. The first kappa shape index (κ1) is 16.7. The van der Waals surface area contributed by atoms with E-state index >= 15 is 0 Å². The van der Waals surface area contributed by atoms with Gasteiger partial charge in [0.25, 0.3) is 0 Å². The lowest BCUT2D eigenvalue weighted by atomic mass is 9.70. The molecule has 102 valence electrons. The molecule has 0 aliphatic heterocycles. The van der Waals surface area contributed by atoms with Crippen LogP contribution >= 0.6 is 0 Å². The van der Waals surface area contributed by atoms with Crippen molar-refractivity contribution >= 4 is 0 Å². The second-order valence-electron chi connectivity index (χ2n) is 7.27. The summed E-state index contributed by atoms with van der Waals surface area (Å²) in [5.74, 6) is 0.671. The maximum Gasteiger partial charge on any atom is 0.0169 e. The van der Waals surface area contributed by atoms with Gasteiger partial charge in [-0.1, -0.05) is 59.6 Å². The van der Waals surface area contributed by atoms with Crippen molar-refractivity contribution in [2.45, 2.75) is 61.8 Å². The molecule has 1 N–H and O–H groups in total. The number of hydrogen-bond acceptors (Lipinski definition) is 1. The fraction of sp³-hybridized carbons (Fsp3) is 0.875. The Morgan fingerprint density at radius 1 is 1.06 bits per heavy atom. The van der Waals surface area contributed by atoms with Gasteiger partial charge in [-0.2, -0.15) is 0 Å². The fourth-order valence-corrected chi connectivity index (χ4v) is 2.95. The SMILES string of the molecule is CCC(/C(C)=C(/CNC)C(C)(C)C)C(C)(C)C. The van der Waals surface area contributed by atoms with Crippen molar-refractivity contribution in [3.63, 3.8) is 0 Å². The zero-order valence-electron chi connectivity index (χ0n) is 13.5. The van der Waals surface area contributed by atoms with Crippen LogP contribution in [0.3, 0.4) is 0 Å². The molecule has 0 aliphatic rings. The van der Waals surface area contributed by atoms with E-state index in [-0.39, 0.29) is 5.41 Å². The van der Waals surface area contributed by atoms with Crippen molar-refractivity contribution < 1.29 is 0 Å². The molecule has 1 nitrogen and oxygen atoms in total. The first-order valence-corrected chi connectivity index (χ1v) is 6.90. The minimum absolute atomic E-state index is 0.256. The summed E-state index contributed by atoms with van der Waals surface area (Å²) in [6.45, 7) is 19.6. The summed E-state index contributed by atoms with van der Waals surface area (Å²) in [5, 5.41) is 3.33. The minimum atomic E-state index is 0.256. The highest BCUT2D eigenvalue weighted by Gasteiger charge is 2.29. The van der Waals surface area contributed by atoms with Gasteiger partial charge in [0, 0.05) is 6.54 Å². The summed E-state index contributed by atoms with van der Waals surface area (Å²) in [4.78, 5) is 0. The van der Waals surface area contributed by atoms with Crippen LogP contribution in [0.25, 0.3) is 0 Å². The Labute approximate surface area is 109 Å². The Bertz CT molecular complexity index is 260. The second kappa shape index (κ2) is 6.04. The number of hydrogen-bond donors (Lipinski definition) is 1. The highest BCUT2D eigenvalue weighted by Crippen LogP contribution is 2.39. The molecule has 0 amide bonds. The van der Waals surface area contributed by atoms with Crippen LogP contribution in [0.15, 0.2) is 11.1 Å². The van der Waals surface area contributed by atoms with E-state index in [1.54, 1.807) is 11.1 Å². The van der Waals surface area contributed by atoms with Crippen LogP contribution in [0, 0.1) is 16.7 Å². The molecule has 0 aromatic rings. The van der Waals surface area contributed by atoms with Crippen LogP contribution in [0.5, 0.6) is 0 Å². The molecule has 0 saturated carbocycles. The summed E-state index contributed by atoms with van der Waals surface area (Å²) in [6, 6.07) is 0. The quantitative estimate of drug-likeness (QED) is 0.705. The largest absolute Gasteiger partial charge is 0.316 e. The van der Waals surface area contributed by atoms with Gasteiger partial charge in [-0.15, -0.1) is 0 Å². The molecule has 0 saturated heterocycles. The standard InChI is InChI=1S/C16H33N/c1-10-13(15(3,4)5)12(2)14(11-17-9)16(6,7)8/h13,17H,10-11H2,1-9H3/b14-12-. The summed E-state index contributed by atoms with van der Waals surface area (Å²) in [7, 11) is 2.04. The van der Waals surface area contributed by atoms with Crippen LogP contribution in [0.4, 0.5) is 0 Å². The molecule has 1 heteroatoms. The first-order valence-electron chi connectivity index (χ1n) is 6.90. The third-order valence-corrected chi connectivity index (χ3v) is 3.71. The van der Waals surface area contributed by atoms with Gasteiger partial charge in [0.2, 0.25) is 0 Å². The highest BCUT2D eigenvalue weighted by atomic mass is 14.8. The predicted molar refractivity (Wildman–Crippen MR) is 79.3 cm³/mol. The van der Waals surface area contributed by atoms with Crippen molar-refractivity contribution in [1.29, 1.82) is 0 Å². The minimum Gasteiger partial charge on any atom is -0.316 e. The lowest BCUT2D eigenvalue weighted by molar-refractivity contribution is 0.265. The van der Waals surface area contributed by atoms with Gasteiger partial charge >= 0.3 is 0 Å². The topological polar surface area (TPSA) is 12.0 Å². The molecule has 0 bridgehead atoms. The molecular weight excluding hydrogens is 206 g/mol. The Morgan fingerprint density at radius 3 is 1.76 bits per heavy atom. The Hall–Kier alpha value is -0.300. The van der Waals surface area contributed by atoms with Crippen LogP contribution in [0.2, 0.25) is 0 Å². The van der Waals surface area contributed by atoms with E-state index in [0.29, 0.717) is 11.3 Å². The van der Waals surface area contributed by atoms with E-state index in [0.717, 1.165) is 6.54 Å². The van der Waals surface area contributed by atoms with Crippen molar-refractivity contribution in [2.24, 2.45) is 16.7 Å². The van der Waals surface area contributed by atoms with Gasteiger partial charge in [-0.25, -0.2) is 0 Å². The molecule has 1 unspecified atom stereocenters. The van der Waals surface area contributed by atoms with E-state index in [1.807, 2.05) is 7.05 Å². The van der Waals surface area contributed by atoms with Gasteiger partial charge in [-0.3, -0.25) is 0 Å². The molecular formula is C16H33N. The van der Waals surface area contributed by atoms with Gasteiger partial charge in [0.15, 0.2) is 0 Å². The van der Waals surface area contributed by atoms with E-state index < -0.39 is 0 Å². The maximum atomic E-state index is 3.33. The molecule has 0 spiro atoms. The number of allylic oxidation sites excluding steroid dienone is 1. The molecule has 17 heavy (non-hydrogen) atoms. The van der Waals surface area contributed by atoms with Crippen molar-refractivity contribution in [3.05, 3.63) is 11.1 Å². The van der Waals surface area contributed by atoms with Gasteiger partial charge in [0.05, 0.1) is 0 Å². The normalized spacial score (nSPS) is 16.8. The maximum absolute atomic E-state index is 3.33. The lowest BCUT2D eigenvalue weighted by Crippen LogP contribution is -2.28. The van der Waals surface area contributed by atoms with Crippen LogP contribution < -0.4 is 5.32 Å². The highest BCUT2D eigenvalue weighted by molar-refractivity contribution is 5.23. The summed E-state index contributed by atoms with van der Waals surface area (Å²) in [6.07, 6.45) is 1.22. The average molecular weight is 239 g/mol. The molecule has 0 aliphatic carbocycles. The van der Waals surface area contributed by atoms with Crippen LogP contribution in [-0.2, 0) is 0 Å². The second-order valence-corrected chi connectivity index (χ2v) is 7.27. The monoisotopic (exact) mass is 239 g/mol. The Morgan fingerprint density at radius 2 is 1.53 bits per heavy atom. The molecule has 0 rings (SSSR count). The molecule has 1 atom stereocenters. The van der Waals surface area contributed by atoms with E-state index in [4.69, 9.17) is 0 Å². The summed E-state index contributed by atoms with van der Waals surface area (Å²) >= 11 is 0. The van der Waals surface area contributed by atoms with Crippen molar-refractivity contribution in [3.8, 4) is 0 Å². The van der Waals surface area contributed by atoms with Gasteiger partial charge < -0.3 is 5.32 Å². The zero-order valence-corrected chi connectivity index (χ0v) is 13.5.